The lowest BCUT2D eigenvalue weighted by molar-refractivity contribution is 0.105. The molecule has 0 N–H and O–H groups in total. The first kappa shape index (κ1) is 9.98. The van der Waals surface area contributed by atoms with Gasteiger partial charge >= 0.3 is 0 Å². The van der Waals surface area contributed by atoms with Gasteiger partial charge in [0.25, 0.3) is 0 Å². The topological polar surface area (TPSA) is 27.0 Å². The van der Waals surface area contributed by atoms with E-state index in [1.54, 1.807) is 0 Å². The van der Waals surface area contributed by atoms with Crippen LogP contribution in [0.4, 0.5) is 0 Å². The minimum atomic E-state index is 0.700. The lowest BCUT2D eigenvalue weighted by Gasteiger charge is -2.38. The van der Waals surface area contributed by atoms with Crippen molar-refractivity contribution >= 4 is 0 Å². The van der Waals surface area contributed by atoms with Crippen molar-refractivity contribution in [3.8, 4) is 6.07 Å². The van der Waals surface area contributed by atoms with E-state index in [2.05, 4.69) is 17.9 Å². The molecule has 2 saturated heterocycles. The number of fused-ring (bicyclic) bond motifs is 2. The van der Waals surface area contributed by atoms with E-state index in [1.807, 2.05) is 0 Å². The minimum absolute atomic E-state index is 0.700. The van der Waals surface area contributed by atoms with E-state index in [0.717, 1.165) is 18.5 Å². The van der Waals surface area contributed by atoms with E-state index < -0.39 is 0 Å². The van der Waals surface area contributed by atoms with Gasteiger partial charge in [-0.2, -0.15) is 5.26 Å². The zero-order valence-electron chi connectivity index (χ0n) is 9.08. The smallest absolute Gasteiger partial charge is 0.0624 e. The van der Waals surface area contributed by atoms with E-state index in [0.29, 0.717) is 5.92 Å². The van der Waals surface area contributed by atoms with Gasteiger partial charge in [-0.3, -0.25) is 4.90 Å². The molecular formula is C12H20N2. The van der Waals surface area contributed by atoms with Crippen LogP contribution in [0.1, 0.15) is 45.4 Å². The molecule has 2 aliphatic rings. The molecule has 14 heavy (non-hydrogen) atoms. The molecule has 0 aromatic carbocycles. The van der Waals surface area contributed by atoms with Gasteiger partial charge < -0.3 is 0 Å². The summed E-state index contributed by atoms with van der Waals surface area (Å²) in [5.74, 6) is 0.700. The molecule has 2 nitrogen and oxygen atoms in total. The van der Waals surface area contributed by atoms with Crippen molar-refractivity contribution in [2.75, 3.05) is 6.54 Å². The summed E-state index contributed by atoms with van der Waals surface area (Å²) in [5.41, 5.74) is 0. The second kappa shape index (κ2) is 4.31. The van der Waals surface area contributed by atoms with Crippen LogP contribution in [-0.4, -0.2) is 23.5 Å². The van der Waals surface area contributed by atoms with Gasteiger partial charge in [0, 0.05) is 18.5 Å². The van der Waals surface area contributed by atoms with Gasteiger partial charge in [-0.05, 0) is 44.6 Å². The zero-order chi connectivity index (χ0) is 9.97. The number of piperidine rings is 1. The second-order valence-corrected chi connectivity index (χ2v) is 4.82. The predicted octanol–water partition coefficient (Wildman–Crippen LogP) is 2.55. The maximum Gasteiger partial charge on any atom is 0.0624 e. The second-order valence-electron chi connectivity index (χ2n) is 4.82. The SMILES string of the molecule is CCCN1C2CCC1CC(CC#N)C2. The molecule has 0 aromatic rings. The van der Waals surface area contributed by atoms with Crippen molar-refractivity contribution in [3.05, 3.63) is 0 Å². The van der Waals surface area contributed by atoms with E-state index in [-0.39, 0.29) is 0 Å². The molecule has 0 aromatic heterocycles. The molecular weight excluding hydrogens is 172 g/mol. The monoisotopic (exact) mass is 192 g/mol. The van der Waals surface area contributed by atoms with Crippen molar-refractivity contribution in [1.82, 2.24) is 4.90 Å². The molecule has 2 atom stereocenters. The standard InChI is InChI=1S/C12H20N2/c1-2-7-14-11-3-4-12(14)9-10(8-11)5-6-13/h10-12H,2-5,7-9H2,1H3. The molecule has 0 amide bonds. The molecule has 2 rings (SSSR count). The molecule has 2 heterocycles. The fourth-order valence-electron chi connectivity index (χ4n) is 3.31. The Hall–Kier alpha value is -0.550. The largest absolute Gasteiger partial charge is 0.297 e. The first-order chi connectivity index (χ1) is 6.85. The molecule has 2 bridgehead atoms. The maximum atomic E-state index is 8.72. The van der Waals surface area contributed by atoms with E-state index in [4.69, 9.17) is 5.26 Å². The third kappa shape index (κ3) is 1.79. The fourth-order valence-corrected chi connectivity index (χ4v) is 3.31. The van der Waals surface area contributed by atoms with Crippen LogP contribution in [0.15, 0.2) is 0 Å². The van der Waals surface area contributed by atoms with Crippen LogP contribution in [0.2, 0.25) is 0 Å². The highest BCUT2D eigenvalue weighted by molar-refractivity contribution is 4.96. The Kier molecular flexibility index (Phi) is 3.08. The van der Waals surface area contributed by atoms with Gasteiger partial charge in [-0.25, -0.2) is 0 Å². The van der Waals surface area contributed by atoms with Crippen molar-refractivity contribution in [3.63, 3.8) is 0 Å². The highest BCUT2D eigenvalue weighted by Crippen LogP contribution is 2.39. The minimum Gasteiger partial charge on any atom is -0.297 e. The average Bonchev–Trinajstić information content (AvgIpc) is 2.44. The van der Waals surface area contributed by atoms with Gasteiger partial charge in [0.2, 0.25) is 0 Å². The lowest BCUT2D eigenvalue weighted by atomic mass is 9.88. The Morgan fingerprint density at radius 2 is 1.93 bits per heavy atom. The number of hydrogen-bond acceptors (Lipinski definition) is 2. The van der Waals surface area contributed by atoms with Gasteiger partial charge in [-0.1, -0.05) is 6.92 Å². The number of rotatable bonds is 3. The van der Waals surface area contributed by atoms with Crippen molar-refractivity contribution in [1.29, 1.82) is 5.26 Å². The predicted molar refractivity (Wildman–Crippen MR) is 56.8 cm³/mol. The van der Waals surface area contributed by atoms with E-state index in [9.17, 15) is 0 Å². The van der Waals surface area contributed by atoms with Crippen LogP contribution in [0.5, 0.6) is 0 Å². The Labute approximate surface area is 86.9 Å². The maximum absolute atomic E-state index is 8.72. The highest BCUT2D eigenvalue weighted by Gasteiger charge is 2.39. The average molecular weight is 192 g/mol. The summed E-state index contributed by atoms with van der Waals surface area (Å²) >= 11 is 0. The van der Waals surface area contributed by atoms with Gasteiger partial charge in [-0.15, -0.1) is 0 Å². The van der Waals surface area contributed by atoms with E-state index in [1.165, 1.54) is 38.6 Å². The molecule has 2 fully saturated rings. The summed E-state index contributed by atoms with van der Waals surface area (Å²) in [5, 5.41) is 8.72. The zero-order valence-corrected chi connectivity index (χ0v) is 9.08. The Bertz CT molecular complexity index is 217. The lowest BCUT2D eigenvalue weighted by Crippen LogP contribution is -2.43. The molecule has 2 heteroatoms. The molecule has 0 spiro atoms. The van der Waals surface area contributed by atoms with Gasteiger partial charge in [0.15, 0.2) is 0 Å². The Morgan fingerprint density at radius 1 is 1.29 bits per heavy atom. The highest BCUT2D eigenvalue weighted by atomic mass is 15.2. The quantitative estimate of drug-likeness (QED) is 0.687. The molecule has 0 radical (unpaired) electrons. The fraction of sp³-hybridized carbons (Fsp3) is 0.917. The van der Waals surface area contributed by atoms with Crippen molar-refractivity contribution in [2.24, 2.45) is 5.92 Å². The first-order valence-corrected chi connectivity index (χ1v) is 5.97. The summed E-state index contributed by atoms with van der Waals surface area (Å²) in [6, 6.07) is 3.96. The van der Waals surface area contributed by atoms with Crippen LogP contribution in [-0.2, 0) is 0 Å². The van der Waals surface area contributed by atoms with Crippen LogP contribution in [0, 0.1) is 17.2 Å². The molecule has 0 aliphatic carbocycles. The number of nitriles is 1. The van der Waals surface area contributed by atoms with E-state index >= 15 is 0 Å². The van der Waals surface area contributed by atoms with Crippen molar-refractivity contribution in [2.45, 2.75) is 57.5 Å². The van der Waals surface area contributed by atoms with Gasteiger partial charge in [0.1, 0.15) is 0 Å². The molecule has 78 valence electrons. The third-order valence-corrected chi connectivity index (χ3v) is 3.84. The Balaban J connectivity index is 1.95. The summed E-state index contributed by atoms with van der Waals surface area (Å²) in [6.45, 7) is 3.54. The normalized spacial score (nSPS) is 37.0. The van der Waals surface area contributed by atoms with Crippen LogP contribution in [0.25, 0.3) is 0 Å². The summed E-state index contributed by atoms with van der Waals surface area (Å²) in [6.07, 6.45) is 7.39. The van der Waals surface area contributed by atoms with Gasteiger partial charge in [0.05, 0.1) is 6.07 Å². The molecule has 0 saturated carbocycles. The third-order valence-electron chi connectivity index (χ3n) is 3.84. The number of hydrogen-bond donors (Lipinski definition) is 0. The summed E-state index contributed by atoms with van der Waals surface area (Å²) in [7, 11) is 0. The van der Waals surface area contributed by atoms with Crippen LogP contribution >= 0.6 is 0 Å². The number of nitrogens with zero attached hydrogens (tertiary/aromatic N) is 2. The van der Waals surface area contributed by atoms with Crippen LogP contribution in [0.3, 0.4) is 0 Å². The van der Waals surface area contributed by atoms with Crippen LogP contribution < -0.4 is 0 Å². The summed E-state index contributed by atoms with van der Waals surface area (Å²) < 4.78 is 0. The Morgan fingerprint density at radius 3 is 2.43 bits per heavy atom. The van der Waals surface area contributed by atoms with Crippen molar-refractivity contribution < 1.29 is 0 Å². The molecule has 2 unspecified atom stereocenters. The first-order valence-electron chi connectivity index (χ1n) is 5.97. The summed E-state index contributed by atoms with van der Waals surface area (Å²) in [4.78, 5) is 2.70. The molecule has 2 aliphatic heterocycles.